The van der Waals surface area contributed by atoms with Crippen molar-refractivity contribution >= 4 is 11.9 Å². The Morgan fingerprint density at radius 1 is 1.11 bits per heavy atom. The molecule has 3 aliphatic carbocycles. The zero-order valence-electron chi connectivity index (χ0n) is 17.6. The summed E-state index contributed by atoms with van der Waals surface area (Å²) >= 11 is 1.74. The molecule has 3 aliphatic rings. The van der Waals surface area contributed by atoms with Crippen LogP contribution in [0.15, 0.2) is 23.3 Å². The van der Waals surface area contributed by atoms with Crippen LogP contribution in [0.1, 0.15) is 90.4 Å². The van der Waals surface area contributed by atoms with Crippen molar-refractivity contribution in [3.05, 3.63) is 23.3 Å². The Morgan fingerprint density at radius 2 is 2.00 bits per heavy atom. The highest BCUT2D eigenvalue weighted by molar-refractivity contribution is 7.96. The van der Waals surface area contributed by atoms with Gasteiger partial charge >= 0.3 is 0 Å². The predicted octanol–water partition coefficient (Wildman–Crippen LogP) is 6.42. The Kier molecular flexibility index (Phi) is 8.35. The summed E-state index contributed by atoms with van der Waals surface area (Å²) in [6.45, 7) is 3.76. The summed E-state index contributed by atoms with van der Waals surface area (Å²) in [4.78, 5) is 0. The van der Waals surface area contributed by atoms with Gasteiger partial charge in [0.2, 0.25) is 0 Å². The van der Waals surface area contributed by atoms with Crippen LogP contribution in [-0.4, -0.2) is 24.0 Å². The molecule has 0 aromatic carbocycles. The number of unbranched alkanes of at least 4 members (excludes halogenated alkanes) is 2. The van der Waals surface area contributed by atoms with E-state index in [-0.39, 0.29) is 6.10 Å². The zero-order valence-corrected chi connectivity index (χ0v) is 18.5. The van der Waals surface area contributed by atoms with E-state index in [0.717, 1.165) is 37.6 Å². The first-order chi connectivity index (χ1) is 13.1. The number of allylic oxidation sites excluding steroid dienone is 3. The largest absolute Gasteiger partial charge is 0.393 e. The van der Waals surface area contributed by atoms with Crippen molar-refractivity contribution in [1.29, 1.82) is 0 Å². The molecule has 0 aromatic rings. The first kappa shape index (κ1) is 21.5. The molecular formula is C24H41NOS. The van der Waals surface area contributed by atoms with Crippen LogP contribution in [0.3, 0.4) is 0 Å². The van der Waals surface area contributed by atoms with E-state index in [9.17, 15) is 5.11 Å². The third-order valence-corrected chi connectivity index (χ3v) is 8.20. The third-order valence-electron chi connectivity index (χ3n) is 7.70. The fourth-order valence-corrected chi connectivity index (χ4v) is 6.48. The Morgan fingerprint density at radius 3 is 2.81 bits per heavy atom. The average Bonchev–Trinajstić information content (AvgIpc) is 3.00. The van der Waals surface area contributed by atoms with Gasteiger partial charge in [-0.1, -0.05) is 55.0 Å². The standard InChI is InChI=1S/C24H41NOS/c1-24-16-7-9-20(13-12-19-8-6-11-22(26)18-19)23(24)15-14-21(24)10-4-3-5-17-25-27-2/h12-13,21-23,25-26H,3-11,14-18H2,1-2H3/b19-12-,20-13+. The van der Waals surface area contributed by atoms with Crippen LogP contribution in [0, 0.1) is 17.3 Å². The molecule has 0 aliphatic heterocycles. The summed E-state index contributed by atoms with van der Waals surface area (Å²) in [5.41, 5.74) is 3.75. The maximum Gasteiger partial charge on any atom is 0.0577 e. The molecule has 3 heteroatoms. The van der Waals surface area contributed by atoms with E-state index >= 15 is 0 Å². The second kappa shape index (κ2) is 10.5. The highest BCUT2D eigenvalue weighted by Gasteiger charge is 2.48. The Balaban J connectivity index is 1.55. The SMILES string of the molecule is CSNCCCCCC1CCC2/C(=C/C=C3/CCCC(O)C3)CCCC12C. The molecule has 3 rings (SSSR count). The molecule has 4 unspecified atom stereocenters. The first-order valence-electron chi connectivity index (χ1n) is 11.5. The molecule has 4 atom stereocenters. The van der Waals surface area contributed by atoms with E-state index < -0.39 is 0 Å². The van der Waals surface area contributed by atoms with Gasteiger partial charge in [0.15, 0.2) is 0 Å². The lowest BCUT2D eigenvalue weighted by Gasteiger charge is -2.42. The van der Waals surface area contributed by atoms with E-state index in [1.807, 2.05) is 0 Å². The lowest BCUT2D eigenvalue weighted by molar-refractivity contribution is 0.127. The van der Waals surface area contributed by atoms with Gasteiger partial charge in [0, 0.05) is 6.54 Å². The zero-order chi connectivity index (χ0) is 19.1. The molecule has 3 fully saturated rings. The summed E-state index contributed by atoms with van der Waals surface area (Å²) in [6.07, 6.45) is 23.6. The van der Waals surface area contributed by atoms with Crippen LogP contribution in [0.5, 0.6) is 0 Å². The molecular weight excluding hydrogens is 350 g/mol. The van der Waals surface area contributed by atoms with Crippen LogP contribution >= 0.6 is 11.9 Å². The van der Waals surface area contributed by atoms with Gasteiger partial charge in [-0.3, -0.25) is 4.72 Å². The van der Waals surface area contributed by atoms with E-state index in [0.29, 0.717) is 5.41 Å². The lowest BCUT2D eigenvalue weighted by atomic mass is 9.62. The lowest BCUT2D eigenvalue weighted by Crippen LogP contribution is -2.33. The molecule has 2 nitrogen and oxygen atoms in total. The highest BCUT2D eigenvalue weighted by Crippen LogP contribution is 2.58. The van der Waals surface area contributed by atoms with Gasteiger partial charge in [0.1, 0.15) is 0 Å². The maximum atomic E-state index is 9.93. The minimum atomic E-state index is -0.0954. The van der Waals surface area contributed by atoms with Crippen LogP contribution in [0.25, 0.3) is 0 Å². The van der Waals surface area contributed by atoms with Crippen molar-refractivity contribution in [2.24, 2.45) is 17.3 Å². The van der Waals surface area contributed by atoms with Gasteiger partial charge in [0.25, 0.3) is 0 Å². The number of aliphatic hydroxyl groups excluding tert-OH is 1. The number of nitrogens with one attached hydrogen (secondary N) is 1. The summed E-state index contributed by atoms with van der Waals surface area (Å²) < 4.78 is 3.37. The topological polar surface area (TPSA) is 32.3 Å². The van der Waals surface area contributed by atoms with Gasteiger partial charge in [0.05, 0.1) is 6.10 Å². The average molecular weight is 392 g/mol. The quantitative estimate of drug-likeness (QED) is 0.370. The summed E-state index contributed by atoms with van der Waals surface area (Å²) in [7, 11) is 0. The van der Waals surface area contributed by atoms with Crippen LogP contribution < -0.4 is 4.72 Å². The molecule has 0 spiro atoms. The second-order valence-electron chi connectivity index (χ2n) is 9.45. The minimum Gasteiger partial charge on any atom is -0.393 e. The van der Waals surface area contributed by atoms with Gasteiger partial charge in [-0.05, 0) is 94.1 Å². The van der Waals surface area contributed by atoms with Crippen molar-refractivity contribution in [3.63, 3.8) is 0 Å². The Labute approximate surface area is 171 Å². The van der Waals surface area contributed by atoms with E-state index in [4.69, 9.17) is 0 Å². The molecule has 0 amide bonds. The molecule has 154 valence electrons. The van der Waals surface area contributed by atoms with Crippen molar-refractivity contribution in [2.75, 3.05) is 12.8 Å². The number of rotatable bonds is 8. The van der Waals surface area contributed by atoms with Gasteiger partial charge in [-0.15, -0.1) is 0 Å². The number of aliphatic hydroxyl groups is 1. The fourth-order valence-electron chi connectivity index (χ4n) is 6.13. The third kappa shape index (κ3) is 5.64. The highest BCUT2D eigenvalue weighted by atomic mass is 32.2. The molecule has 0 heterocycles. The monoisotopic (exact) mass is 391 g/mol. The van der Waals surface area contributed by atoms with Crippen molar-refractivity contribution in [2.45, 2.75) is 96.5 Å². The summed E-state index contributed by atoms with van der Waals surface area (Å²) in [5, 5.41) is 9.93. The van der Waals surface area contributed by atoms with E-state index in [2.05, 4.69) is 30.1 Å². The van der Waals surface area contributed by atoms with Crippen LogP contribution in [-0.2, 0) is 0 Å². The van der Waals surface area contributed by atoms with E-state index in [1.54, 1.807) is 17.5 Å². The van der Waals surface area contributed by atoms with Crippen molar-refractivity contribution < 1.29 is 5.11 Å². The molecule has 0 aromatic heterocycles. The fraction of sp³-hybridized carbons (Fsp3) is 0.833. The first-order valence-corrected chi connectivity index (χ1v) is 12.7. The van der Waals surface area contributed by atoms with Crippen molar-refractivity contribution in [1.82, 2.24) is 4.72 Å². The Bertz CT molecular complexity index is 528. The van der Waals surface area contributed by atoms with Crippen LogP contribution in [0.2, 0.25) is 0 Å². The van der Waals surface area contributed by atoms with Crippen molar-refractivity contribution in [3.8, 4) is 0 Å². The normalized spacial score (nSPS) is 37.1. The molecule has 0 saturated heterocycles. The number of hydrogen-bond acceptors (Lipinski definition) is 3. The predicted molar refractivity (Wildman–Crippen MR) is 119 cm³/mol. The second-order valence-corrected chi connectivity index (χ2v) is 10.1. The molecule has 0 bridgehead atoms. The number of hydrogen-bond donors (Lipinski definition) is 2. The summed E-state index contributed by atoms with van der Waals surface area (Å²) in [6, 6.07) is 0. The Hall–Kier alpha value is -0.250. The molecule has 3 saturated carbocycles. The summed E-state index contributed by atoms with van der Waals surface area (Å²) in [5.74, 6) is 1.75. The van der Waals surface area contributed by atoms with Gasteiger partial charge < -0.3 is 5.11 Å². The number of fused-ring (bicyclic) bond motifs is 1. The minimum absolute atomic E-state index is 0.0954. The molecule has 0 radical (unpaired) electrons. The smallest absolute Gasteiger partial charge is 0.0577 e. The maximum absolute atomic E-state index is 9.93. The molecule has 2 N–H and O–H groups in total. The van der Waals surface area contributed by atoms with Gasteiger partial charge in [-0.2, -0.15) is 0 Å². The van der Waals surface area contributed by atoms with E-state index in [1.165, 1.54) is 69.8 Å². The molecule has 27 heavy (non-hydrogen) atoms. The van der Waals surface area contributed by atoms with Crippen LogP contribution in [0.4, 0.5) is 0 Å². The van der Waals surface area contributed by atoms with Gasteiger partial charge in [-0.25, -0.2) is 0 Å².